The van der Waals surface area contributed by atoms with Gasteiger partial charge in [-0.25, -0.2) is 9.97 Å². The van der Waals surface area contributed by atoms with Gasteiger partial charge in [0.15, 0.2) is 0 Å². The van der Waals surface area contributed by atoms with E-state index in [1.807, 2.05) is 6.07 Å². The van der Waals surface area contributed by atoms with Gasteiger partial charge in [-0.1, -0.05) is 27.2 Å². The molecule has 2 N–H and O–H groups in total. The Morgan fingerprint density at radius 1 is 1.21 bits per heavy atom. The van der Waals surface area contributed by atoms with Crippen molar-refractivity contribution in [3.8, 4) is 0 Å². The van der Waals surface area contributed by atoms with Gasteiger partial charge in [0, 0.05) is 25.1 Å². The van der Waals surface area contributed by atoms with E-state index in [0.717, 1.165) is 42.9 Å². The van der Waals surface area contributed by atoms with Crippen molar-refractivity contribution in [1.82, 2.24) is 9.97 Å². The summed E-state index contributed by atoms with van der Waals surface area (Å²) in [4.78, 5) is 9.18. The molecule has 106 valence electrons. The first-order valence-corrected chi connectivity index (χ1v) is 7.55. The predicted molar refractivity (Wildman–Crippen MR) is 80.7 cm³/mol. The summed E-state index contributed by atoms with van der Waals surface area (Å²) in [5.41, 5.74) is 0. The number of hydrogen-bond donors (Lipinski definition) is 2. The van der Waals surface area contributed by atoms with Crippen LogP contribution in [0.1, 0.15) is 58.2 Å². The molecular weight excluding hydrogens is 236 g/mol. The number of anilines is 2. The molecule has 1 saturated carbocycles. The Labute approximate surface area is 116 Å². The van der Waals surface area contributed by atoms with Gasteiger partial charge in [-0.2, -0.15) is 0 Å². The molecule has 1 fully saturated rings. The Morgan fingerprint density at radius 3 is 2.42 bits per heavy atom. The molecule has 4 heteroatoms. The molecule has 0 radical (unpaired) electrons. The molecule has 1 aliphatic rings. The second-order valence-corrected chi connectivity index (χ2v) is 5.76. The lowest BCUT2D eigenvalue weighted by molar-refractivity contribution is 0.333. The summed E-state index contributed by atoms with van der Waals surface area (Å²) in [6, 6.07) is 2.03. The van der Waals surface area contributed by atoms with Gasteiger partial charge in [0.25, 0.3) is 0 Å². The highest BCUT2D eigenvalue weighted by molar-refractivity contribution is 5.47. The van der Waals surface area contributed by atoms with Crippen LogP contribution in [0.4, 0.5) is 11.6 Å². The molecule has 0 saturated heterocycles. The molecular formula is C15H26N4. The minimum atomic E-state index is 0.354. The number of hydrogen-bond acceptors (Lipinski definition) is 4. The molecule has 0 aromatic carbocycles. The quantitative estimate of drug-likeness (QED) is 0.787. The molecule has 0 atom stereocenters. The molecule has 19 heavy (non-hydrogen) atoms. The topological polar surface area (TPSA) is 49.8 Å². The van der Waals surface area contributed by atoms with E-state index in [1.165, 1.54) is 19.3 Å². The molecule has 0 unspecified atom stereocenters. The maximum Gasteiger partial charge on any atom is 0.135 e. The van der Waals surface area contributed by atoms with E-state index in [1.54, 1.807) is 0 Å². The van der Waals surface area contributed by atoms with Crippen LogP contribution in [-0.4, -0.2) is 23.1 Å². The third-order valence-corrected chi connectivity index (χ3v) is 3.61. The highest BCUT2D eigenvalue weighted by Crippen LogP contribution is 2.26. The van der Waals surface area contributed by atoms with E-state index in [2.05, 4.69) is 41.4 Å². The molecule has 1 aromatic heterocycles. The van der Waals surface area contributed by atoms with Crippen LogP contribution in [0.25, 0.3) is 0 Å². The first-order chi connectivity index (χ1) is 9.19. The van der Waals surface area contributed by atoms with Crippen molar-refractivity contribution >= 4 is 11.6 Å². The summed E-state index contributed by atoms with van der Waals surface area (Å²) >= 11 is 0. The third kappa shape index (κ3) is 4.08. The number of nitrogens with one attached hydrogen (secondary N) is 2. The van der Waals surface area contributed by atoms with Crippen molar-refractivity contribution in [2.24, 2.45) is 5.92 Å². The van der Waals surface area contributed by atoms with Gasteiger partial charge in [-0.3, -0.25) is 0 Å². The van der Waals surface area contributed by atoms with E-state index >= 15 is 0 Å². The van der Waals surface area contributed by atoms with Gasteiger partial charge in [0.05, 0.1) is 0 Å². The minimum Gasteiger partial charge on any atom is -0.370 e. The van der Waals surface area contributed by atoms with Crippen LogP contribution < -0.4 is 10.6 Å². The first-order valence-electron chi connectivity index (χ1n) is 7.55. The van der Waals surface area contributed by atoms with Crippen molar-refractivity contribution < 1.29 is 0 Å². The zero-order valence-electron chi connectivity index (χ0n) is 12.4. The maximum atomic E-state index is 4.61. The minimum absolute atomic E-state index is 0.354. The van der Waals surface area contributed by atoms with Crippen LogP contribution in [-0.2, 0) is 0 Å². The molecule has 0 spiro atoms. The van der Waals surface area contributed by atoms with Gasteiger partial charge < -0.3 is 10.6 Å². The highest BCUT2D eigenvalue weighted by atomic mass is 15.1. The molecule has 2 rings (SSSR count). The average Bonchev–Trinajstić information content (AvgIpc) is 2.34. The van der Waals surface area contributed by atoms with Crippen LogP contribution in [0.3, 0.4) is 0 Å². The van der Waals surface area contributed by atoms with E-state index in [0.29, 0.717) is 5.92 Å². The van der Waals surface area contributed by atoms with Gasteiger partial charge in [0.1, 0.15) is 17.5 Å². The zero-order valence-corrected chi connectivity index (χ0v) is 12.4. The van der Waals surface area contributed by atoms with Gasteiger partial charge in [-0.15, -0.1) is 0 Å². The Morgan fingerprint density at radius 2 is 1.89 bits per heavy atom. The largest absolute Gasteiger partial charge is 0.370 e. The van der Waals surface area contributed by atoms with Gasteiger partial charge in [-0.05, 0) is 25.2 Å². The van der Waals surface area contributed by atoms with Crippen LogP contribution >= 0.6 is 0 Å². The van der Waals surface area contributed by atoms with Crippen molar-refractivity contribution in [3.05, 3.63) is 11.9 Å². The number of nitrogens with zero attached hydrogens (tertiary/aromatic N) is 2. The van der Waals surface area contributed by atoms with Crippen LogP contribution in [0.5, 0.6) is 0 Å². The van der Waals surface area contributed by atoms with Gasteiger partial charge in [0.2, 0.25) is 0 Å². The summed E-state index contributed by atoms with van der Waals surface area (Å²) in [7, 11) is 0. The molecule has 4 nitrogen and oxygen atoms in total. The molecule has 0 aliphatic heterocycles. The fourth-order valence-corrected chi connectivity index (χ4v) is 2.10. The first kappa shape index (κ1) is 14.1. The highest BCUT2D eigenvalue weighted by Gasteiger charge is 2.17. The van der Waals surface area contributed by atoms with Crippen molar-refractivity contribution in [2.75, 3.05) is 23.7 Å². The van der Waals surface area contributed by atoms with E-state index < -0.39 is 0 Å². The van der Waals surface area contributed by atoms with Crippen molar-refractivity contribution in [3.63, 3.8) is 0 Å². The Bertz CT molecular complexity index is 399. The summed E-state index contributed by atoms with van der Waals surface area (Å²) in [6.45, 7) is 8.43. The second-order valence-electron chi connectivity index (χ2n) is 5.76. The Balaban J connectivity index is 2.03. The monoisotopic (exact) mass is 262 g/mol. The van der Waals surface area contributed by atoms with Crippen LogP contribution in [0.15, 0.2) is 6.07 Å². The summed E-state index contributed by atoms with van der Waals surface area (Å²) in [6.07, 6.45) is 5.20. The molecule has 1 heterocycles. The lowest BCUT2D eigenvalue weighted by Crippen LogP contribution is -2.21. The number of aromatic nitrogens is 2. The summed E-state index contributed by atoms with van der Waals surface area (Å²) in [5.74, 6) is 4.01. The third-order valence-electron chi connectivity index (χ3n) is 3.61. The maximum absolute atomic E-state index is 4.61. The summed E-state index contributed by atoms with van der Waals surface area (Å²) in [5, 5.41) is 6.82. The molecule has 1 aromatic rings. The van der Waals surface area contributed by atoms with Crippen LogP contribution in [0, 0.1) is 5.92 Å². The normalized spacial score (nSPS) is 15.4. The van der Waals surface area contributed by atoms with E-state index in [-0.39, 0.29) is 0 Å². The molecule has 1 aliphatic carbocycles. The smallest absolute Gasteiger partial charge is 0.135 e. The van der Waals surface area contributed by atoms with E-state index in [9.17, 15) is 0 Å². The lowest BCUT2D eigenvalue weighted by atomic mass is 9.85. The fourth-order valence-electron chi connectivity index (χ4n) is 2.10. The molecule has 0 amide bonds. The SMILES string of the molecule is CCCNc1cc(NCC2CCC2)nc(C(C)C)n1. The zero-order chi connectivity index (χ0) is 13.7. The van der Waals surface area contributed by atoms with Crippen molar-refractivity contribution in [2.45, 2.75) is 52.4 Å². The summed E-state index contributed by atoms with van der Waals surface area (Å²) < 4.78 is 0. The lowest BCUT2D eigenvalue weighted by Gasteiger charge is -2.25. The fraction of sp³-hybridized carbons (Fsp3) is 0.733. The van der Waals surface area contributed by atoms with Crippen LogP contribution in [0.2, 0.25) is 0 Å². The number of rotatable bonds is 7. The predicted octanol–water partition coefficient (Wildman–Crippen LogP) is 3.63. The average molecular weight is 262 g/mol. The second kappa shape index (κ2) is 6.73. The van der Waals surface area contributed by atoms with Crippen molar-refractivity contribution in [1.29, 1.82) is 0 Å². The molecule has 0 bridgehead atoms. The Hall–Kier alpha value is -1.32. The van der Waals surface area contributed by atoms with Gasteiger partial charge >= 0.3 is 0 Å². The Kier molecular flexibility index (Phi) is 5.00. The standard InChI is InChI=1S/C15H26N4/c1-4-8-16-13-9-14(17-10-12-6-5-7-12)19-15(18-13)11(2)3/h9,11-12H,4-8,10H2,1-3H3,(H2,16,17,18,19). The van der Waals surface area contributed by atoms with E-state index in [4.69, 9.17) is 0 Å².